The Morgan fingerprint density at radius 2 is 2.00 bits per heavy atom. The molecule has 0 aliphatic heterocycles. The number of nitrogens with zero attached hydrogens (tertiary/aromatic N) is 2. The summed E-state index contributed by atoms with van der Waals surface area (Å²) < 4.78 is 3.88. The molecule has 0 spiro atoms. The number of benzene rings is 1. The molecule has 96 valence electrons. The van der Waals surface area contributed by atoms with E-state index >= 15 is 0 Å². The van der Waals surface area contributed by atoms with E-state index in [1.807, 2.05) is 12.1 Å². The maximum absolute atomic E-state index is 5.27. The summed E-state index contributed by atoms with van der Waals surface area (Å²) in [5.41, 5.74) is 1.23. The number of H-pyrrole nitrogens is 1. The number of halogens is 1. The number of aromatic amines is 1. The van der Waals surface area contributed by atoms with E-state index in [9.17, 15) is 0 Å². The van der Waals surface area contributed by atoms with Crippen molar-refractivity contribution in [1.82, 2.24) is 14.8 Å². The van der Waals surface area contributed by atoms with E-state index in [-0.39, 0.29) is 0 Å². The highest BCUT2D eigenvalue weighted by Gasteiger charge is 2.08. The van der Waals surface area contributed by atoms with Gasteiger partial charge in [-0.2, -0.15) is 5.10 Å². The SMILES string of the molecule is CC(C)Cn1c(Cc2ccc(Br)cc2)n[nH]c1=S. The first-order valence-electron chi connectivity index (χ1n) is 5.95. The zero-order valence-electron chi connectivity index (χ0n) is 10.5. The van der Waals surface area contributed by atoms with E-state index in [4.69, 9.17) is 12.2 Å². The van der Waals surface area contributed by atoms with Crippen molar-refractivity contribution in [2.24, 2.45) is 5.92 Å². The van der Waals surface area contributed by atoms with Gasteiger partial charge < -0.3 is 4.57 Å². The second-order valence-corrected chi connectivity index (χ2v) is 6.06. The van der Waals surface area contributed by atoms with Gasteiger partial charge in [0.25, 0.3) is 0 Å². The van der Waals surface area contributed by atoms with E-state index in [1.165, 1.54) is 5.56 Å². The molecule has 1 heterocycles. The lowest BCUT2D eigenvalue weighted by molar-refractivity contribution is 0.505. The lowest BCUT2D eigenvalue weighted by Gasteiger charge is -2.09. The Bertz CT molecular complexity index is 569. The van der Waals surface area contributed by atoms with Crippen LogP contribution in [0.2, 0.25) is 0 Å². The summed E-state index contributed by atoms with van der Waals surface area (Å²) in [5, 5.41) is 7.20. The topological polar surface area (TPSA) is 33.6 Å². The summed E-state index contributed by atoms with van der Waals surface area (Å²) in [6.07, 6.45) is 0.799. The third-order valence-corrected chi connectivity index (χ3v) is 3.50. The van der Waals surface area contributed by atoms with E-state index in [1.54, 1.807) is 0 Å². The van der Waals surface area contributed by atoms with E-state index in [0.29, 0.717) is 10.7 Å². The lowest BCUT2D eigenvalue weighted by Crippen LogP contribution is -2.09. The van der Waals surface area contributed by atoms with Crippen LogP contribution < -0.4 is 0 Å². The van der Waals surface area contributed by atoms with Gasteiger partial charge in [-0.3, -0.25) is 5.10 Å². The van der Waals surface area contributed by atoms with Crippen LogP contribution in [0.4, 0.5) is 0 Å². The van der Waals surface area contributed by atoms with Crippen LogP contribution >= 0.6 is 28.1 Å². The fourth-order valence-corrected chi connectivity index (χ4v) is 2.31. The van der Waals surface area contributed by atoms with Gasteiger partial charge in [0.15, 0.2) is 4.77 Å². The van der Waals surface area contributed by atoms with Crippen LogP contribution in [0.25, 0.3) is 0 Å². The Hall–Kier alpha value is -0.940. The van der Waals surface area contributed by atoms with Crippen molar-refractivity contribution in [1.29, 1.82) is 0 Å². The molecule has 3 nitrogen and oxygen atoms in total. The molecule has 0 radical (unpaired) electrons. The number of nitrogens with one attached hydrogen (secondary N) is 1. The normalized spacial score (nSPS) is 11.1. The lowest BCUT2D eigenvalue weighted by atomic mass is 10.1. The fraction of sp³-hybridized carbons (Fsp3) is 0.385. The van der Waals surface area contributed by atoms with Crippen molar-refractivity contribution in [2.75, 3.05) is 0 Å². The van der Waals surface area contributed by atoms with Crippen molar-refractivity contribution in [3.8, 4) is 0 Å². The van der Waals surface area contributed by atoms with E-state index in [2.05, 4.69) is 56.7 Å². The quantitative estimate of drug-likeness (QED) is 0.863. The first-order chi connectivity index (χ1) is 8.56. The molecule has 18 heavy (non-hydrogen) atoms. The maximum atomic E-state index is 5.27. The highest BCUT2D eigenvalue weighted by atomic mass is 79.9. The van der Waals surface area contributed by atoms with Gasteiger partial charge >= 0.3 is 0 Å². The van der Waals surface area contributed by atoms with Crippen molar-refractivity contribution < 1.29 is 0 Å². The van der Waals surface area contributed by atoms with Crippen molar-refractivity contribution >= 4 is 28.1 Å². The van der Waals surface area contributed by atoms with Crippen LogP contribution in [0.1, 0.15) is 25.2 Å². The molecule has 0 unspecified atom stereocenters. The van der Waals surface area contributed by atoms with Crippen LogP contribution in [0.15, 0.2) is 28.7 Å². The molecule has 1 aromatic carbocycles. The van der Waals surface area contributed by atoms with Gasteiger partial charge in [-0.1, -0.05) is 41.9 Å². The molecule has 0 saturated heterocycles. The summed E-state index contributed by atoms with van der Waals surface area (Å²) >= 11 is 8.70. The number of hydrogen-bond acceptors (Lipinski definition) is 2. The molecular weight excluding hydrogens is 310 g/mol. The van der Waals surface area contributed by atoms with Crippen molar-refractivity contribution in [3.63, 3.8) is 0 Å². The summed E-state index contributed by atoms with van der Waals surface area (Å²) in [4.78, 5) is 0. The molecule has 0 fully saturated rings. The Labute approximate surface area is 120 Å². The first-order valence-corrected chi connectivity index (χ1v) is 7.15. The zero-order valence-corrected chi connectivity index (χ0v) is 12.9. The molecule has 0 saturated carbocycles. The van der Waals surface area contributed by atoms with Crippen molar-refractivity contribution in [3.05, 3.63) is 44.9 Å². The molecule has 0 aliphatic rings. The monoisotopic (exact) mass is 325 g/mol. The van der Waals surface area contributed by atoms with Gasteiger partial charge in [0.2, 0.25) is 0 Å². The number of rotatable bonds is 4. The Kier molecular flexibility index (Phi) is 4.35. The summed E-state index contributed by atoms with van der Waals surface area (Å²) in [6, 6.07) is 8.29. The molecule has 0 amide bonds. The standard InChI is InChI=1S/C13H16BrN3S/c1-9(2)8-17-12(15-16-13(17)18)7-10-3-5-11(14)6-4-10/h3-6,9H,7-8H2,1-2H3,(H,16,18). The summed E-state index contributed by atoms with van der Waals surface area (Å²) in [5.74, 6) is 1.55. The van der Waals surface area contributed by atoms with Crippen LogP contribution in [0.3, 0.4) is 0 Å². The smallest absolute Gasteiger partial charge is 0.195 e. The second-order valence-electron chi connectivity index (χ2n) is 4.75. The molecule has 2 aromatic rings. The van der Waals surface area contributed by atoms with Crippen LogP contribution in [-0.4, -0.2) is 14.8 Å². The summed E-state index contributed by atoms with van der Waals surface area (Å²) in [6.45, 7) is 5.26. The third kappa shape index (κ3) is 3.29. The van der Waals surface area contributed by atoms with Gasteiger partial charge in [-0.05, 0) is 35.8 Å². The van der Waals surface area contributed by atoms with E-state index in [0.717, 1.165) is 23.3 Å². The van der Waals surface area contributed by atoms with Crippen LogP contribution in [-0.2, 0) is 13.0 Å². The minimum absolute atomic E-state index is 0.554. The predicted molar refractivity (Wildman–Crippen MR) is 79.2 cm³/mol. The average molecular weight is 326 g/mol. The van der Waals surface area contributed by atoms with Gasteiger partial charge in [-0.15, -0.1) is 0 Å². The highest BCUT2D eigenvalue weighted by molar-refractivity contribution is 9.10. The molecule has 0 aliphatic carbocycles. The molecule has 2 rings (SSSR count). The number of aromatic nitrogens is 3. The zero-order chi connectivity index (χ0) is 13.1. The Morgan fingerprint density at radius 1 is 1.33 bits per heavy atom. The largest absolute Gasteiger partial charge is 0.304 e. The second kappa shape index (κ2) is 5.80. The molecule has 1 aromatic heterocycles. The molecular formula is C13H16BrN3S. The summed E-state index contributed by atoms with van der Waals surface area (Å²) in [7, 11) is 0. The first kappa shape index (κ1) is 13.5. The average Bonchev–Trinajstić information content (AvgIpc) is 2.64. The third-order valence-electron chi connectivity index (χ3n) is 2.66. The Balaban J connectivity index is 2.23. The van der Waals surface area contributed by atoms with Crippen molar-refractivity contribution in [2.45, 2.75) is 26.8 Å². The molecule has 0 atom stereocenters. The Morgan fingerprint density at radius 3 is 2.61 bits per heavy atom. The van der Waals surface area contributed by atoms with Gasteiger partial charge in [0.1, 0.15) is 5.82 Å². The van der Waals surface area contributed by atoms with Crippen LogP contribution in [0.5, 0.6) is 0 Å². The minimum atomic E-state index is 0.554. The van der Waals surface area contributed by atoms with Gasteiger partial charge in [-0.25, -0.2) is 0 Å². The molecule has 0 bridgehead atoms. The van der Waals surface area contributed by atoms with Crippen LogP contribution in [0, 0.1) is 10.7 Å². The van der Waals surface area contributed by atoms with Gasteiger partial charge in [0, 0.05) is 17.4 Å². The van der Waals surface area contributed by atoms with E-state index < -0.39 is 0 Å². The maximum Gasteiger partial charge on any atom is 0.195 e. The number of hydrogen-bond donors (Lipinski definition) is 1. The highest BCUT2D eigenvalue weighted by Crippen LogP contribution is 2.14. The molecule has 1 N–H and O–H groups in total. The molecule has 5 heteroatoms. The van der Waals surface area contributed by atoms with Gasteiger partial charge in [0.05, 0.1) is 0 Å². The fourth-order valence-electron chi connectivity index (χ4n) is 1.82. The predicted octanol–water partition coefficient (Wildman–Crippen LogP) is 3.95. The minimum Gasteiger partial charge on any atom is -0.304 e.